The van der Waals surface area contributed by atoms with Crippen LogP contribution in [-0.2, 0) is 0 Å². The number of hydrogen-bond acceptors (Lipinski definition) is 7. The van der Waals surface area contributed by atoms with Gasteiger partial charge in [-0.2, -0.15) is 5.26 Å². The highest BCUT2D eigenvalue weighted by atomic mass is 35.5. The Labute approximate surface area is 203 Å². The summed E-state index contributed by atoms with van der Waals surface area (Å²) in [6.07, 6.45) is 5.07. The average molecular weight is 473 g/mol. The Bertz CT molecular complexity index is 1350. The Hall–Kier alpha value is -3.67. The number of likely N-dealkylation sites (N-methyl/N-ethyl adjacent to an activating group) is 1. The normalized spacial score (nSPS) is 15.3. The van der Waals surface area contributed by atoms with Crippen molar-refractivity contribution >= 4 is 28.9 Å². The highest BCUT2D eigenvalue weighted by Crippen LogP contribution is 2.27. The molecule has 0 saturated carbocycles. The molecule has 1 atom stereocenters. The first-order chi connectivity index (χ1) is 16.5. The molecule has 1 aliphatic rings. The van der Waals surface area contributed by atoms with Crippen LogP contribution in [0.4, 0.5) is 11.6 Å². The maximum absolute atomic E-state index is 9.63. The maximum Gasteiger partial charge on any atom is 0.223 e. The van der Waals surface area contributed by atoms with Crippen LogP contribution in [0.2, 0.25) is 5.02 Å². The van der Waals surface area contributed by atoms with Gasteiger partial charge in [-0.3, -0.25) is 4.40 Å². The van der Waals surface area contributed by atoms with Crippen LogP contribution in [0.3, 0.4) is 0 Å². The van der Waals surface area contributed by atoms with Crippen molar-refractivity contribution in [3.8, 4) is 17.5 Å². The number of hydrogen-bond donors (Lipinski definition) is 1. The fraction of sp³-hybridized carbons (Fsp3) is 0.280. The Morgan fingerprint density at radius 3 is 2.56 bits per heavy atom. The maximum atomic E-state index is 9.63. The number of aromatic nitrogens is 4. The number of imidazole rings is 1. The van der Waals surface area contributed by atoms with Crippen molar-refractivity contribution in [2.24, 2.45) is 0 Å². The molecular formula is C25H25ClN8. The van der Waals surface area contributed by atoms with E-state index in [1.54, 1.807) is 12.3 Å². The van der Waals surface area contributed by atoms with E-state index >= 15 is 0 Å². The van der Waals surface area contributed by atoms with Crippen molar-refractivity contribution in [1.29, 1.82) is 5.26 Å². The van der Waals surface area contributed by atoms with Gasteiger partial charge in [0.15, 0.2) is 5.65 Å². The first-order valence-electron chi connectivity index (χ1n) is 11.2. The fourth-order valence-corrected chi connectivity index (χ4v) is 4.41. The predicted molar refractivity (Wildman–Crippen MR) is 134 cm³/mol. The largest absolute Gasteiger partial charge is 0.369 e. The van der Waals surface area contributed by atoms with E-state index in [0.717, 1.165) is 31.7 Å². The van der Waals surface area contributed by atoms with E-state index in [0.29, 0.717) is 33.6 Å². The van der Waals surface area contributed by atoms with E-state index in [9.17, 15) is 5.26 Å². The van der Waals surface area contributed by atoms with Gasteiger partial charge in [0.25, 0.3) is 0 Å². The summed E-state index contributed by atoms with van der Waals surface area (Å²) < 4.78 is 1.83. The minimum absolute atomic E-state index is 0.0149. The molecule has 8 nitrogen and oxygen atoms in total. The lowest BCUT2D eigenvalue weighted by molar-refractivity contribution is 0.313. The third-order valence-corrected chi connectivity index (χ3v) is 6.54. The zero-order valence-corrected chi connectivity index (χ0v) is 19.9. The molecule has 0 amide bonds. The molecule has 3 aromatic heterocycles. The Morgan fingerprint density at radius 2 is 1.82 bits per heavy atom. The second-order valence-corrected chi connectivity index (χ2v) is 8.92. The summed E-state index contributed by atoms with van der Waals surface area (Å²) in [6, 6.07) is 14.4. The third kappa shape index (κ3) is 4.28. The summed E-state index contributed by atoms with van der Waals surface area (Å²) in [5.74, 6) is 0.446. The van der Waals surface area contributed by atoms with E-state index in [2.05, 4.69) is 74.4 Å². The molecule has 0 unspecified atom stereocenters. The van der Waals surface area contributed by atoms with Crippen LogP contribution >= 0.6 is 11.6 Å². The quantitative estimate of drug-likeness (QED) is 0.465. The lowest BCUT2D eigenvalue weighted by Gasteiger charge is -2.34. The summed E-state index contributed by atoms with van der Waals surface area (Å²) in [5.41, 5.74) is 4.55. The summed E-state index contributed by atoms with van der Waals surface area (Å²) in [4.78, 5) is 18.2. The van der Waals surface area contributed by atoms with Gasteiger partial charge < -0.3 is 15.1 Å². The van der Waals surface area contributed by atoms with Gasteiger partial charge in [-0.05, 0) is 43.8 Å². The number of pyridine rings is 1. The first-order valence-corrected chi connectivity index (χ1v) is 11.6. The van der Waals surface area contributed by atoms with Crippen LogP contribution in [-0.4, -0.2) is 57.5 Å². The predicted octanol–water partition coefficient (Wildman–Crippen LogP) is 4.24. The van der Waals surface area contributed by atoms with E-state index in [4.69, 9.17) is 11.6 Å². The number of nitriles is 1. The number of halogens is 1. The van der Waals surface area contributed by atoms with Crippen LogP contribution in [0.25, 0.3) is 17.0 Å². The molecule has 1 fully saturated rings. The smallest absolute Gasteiger partial charge is 0.223 e. The molecular weight excluding hydrogens is 448 g/mol. The number of piperazine rings is 1. The van der Waals surface area contributed by atoms with Crippen LogP contribution in [0.1, 0.15) is 24.1 Å². The highest BCUT2D eigenvalue weighted by molar-refractivity contribution is 6.33. The highest BCUT2D eigenvalue weighted by Gasteiger charge is 2.17. The summed E-state index contributed by atoms with van der Waals surface area (Å²) in [7, 11) is 2.16. The van der Waals surface area contributed by atoms with E-state index in [1.165, 1.54) is 11.9 Å². The van der Waals surface area contributed by atoms with Gasteiger partial charge in [0.1, 0.15) is 11.8 Å². The molecule has 0 spiro atoms. The van der Waals surface area contributed by atoms with E-state index in [-0.39, 0.29) is 6.04 Å². The minimum atomic E-state index is -0.0149. The molecule has 4 aromatic rings. The second kappa shape index (κ2) is 9.29. The van der Waals surface area contributed by atoms with Crippen molar-refractivity contribution in [3.63, 3.8) is 0 Å². The van der Waals surface area contributed by atoms with Crippen LogP contribution in [0.15, 0.2) is 55.0 Å². The van der Waals surface area contributed by atoms with Gasteiger partial charge in [0.2, 0.25) is 5.95 Å². The van der Waals surface area contributed by atoms with Crippen molar-refractivity contribution in [1.82, 2.24) is 24.3 Å². The molecule has 0 aliphatic carbocycles. The molecule has 5 rings (SSSR count). The monoisotopic (exact) mass is 472 g/mol. The zero-order chi connectivity index (χ0) is 23.7. The second-order valence-electron chi connectivity index (χ2n) is 8.51. The number of anilines is 2. The Balaban J connectivity index is 1.37. The summed E-state index contributed by atoms with van der Waals surface area (Å²) in [6.45, 7) is 6.31. The SMILES string of the molecule is C[C@H](Nc1ncc(C#N)c(-c2cnc3c(Cl)cccn23)n1)c1ccc(N2CCN(C)CC2)cc1. The molecule has 34 heavy (non-hydrogen) atoms. The number of nitrogens with one attached hydrogen (secondary N) is 1. The fourth-order valence-electron chi connectivity index (χ4n) is 4.20. The first kappa shape index (κ1) is 22.1. The molecule has 4 heterocycles. The molecule has 9 heteroatoms. The van der Waals surface area contributed by atoms with Crippen LogP contribution in [0, 0.1) is 11.3 Å². The van der Waals surface area contributed by atoms with Crippen molar-refractivity contribution < 1.29 is 0 Å². The van der Waals surface area contributed by atoms with Gasteiger partial charge in [-0.25, -0.2) is 15.0 Å². The number of fused-ring (bicyclic) bond motifs is 1. The number of nitrogens with zero attached hydrogens (tertiary/aromatic N) is 7. The molecule has 0 bridgehead atoms. The summed E-state index contributed by atoms with van der Waals surface area (Å²) >= 11 is 6.27. The lowest BCUT2D eigenvalue weighted by atomic mass is 10.1. The molecule has 1 aliphatic heterocycles. The summed E-state index contributed by atoms with van der Waals surface area (Å²) in [5, 5.41) is 13.5. The van der Waals surface area contributed by atoms with Gasteiger partial charge in [0.05, 0.1) is 34.7 Å². The third-order valence-electron chi connectivity index (χ3n) is 6.25. The van der Waals surface area contributed by atoms with Gasteiger partial charge in [0, 0.05) is 38.1 Å². The van der Waals surface area contributed by atoms with Gasteiger partial charge in [-0.15, -0.1) is 0 Å². The van der Waals surface area contributed by atoms with Gasteiger partial charge in [-0.1, -0.05) is 23.7 Å². The molecule has 1 aromatic carbocycles. The topological polar surface area (TPSA) is 85.4 Å². The van der Waals surface area contributed by atoms with Crippen LogP contribution < -0.4 is 10.2 Å². The number of rotatable bonds is 5. The van der Waals surface area contributed by atoms with Crippen molar-refractivity contribution in [2.45, 2.75) is 13.0 Å². The lowest BCUT2D eigenvalue weighted by Crippen LogP contribution is -2.44. The van der Waals surface area contributed by atoms with Crippen molar-refractivity contribution in [3.05, 3.63) is 71.1 Å². The number of benzene rings is 1. The average Bonchev–Trinajstić information content (AvgIpc) is 3.30. The van der Waals surface area contributed by atoms with Crippen LogP contribution in [0.5, 0.6) is 0 Å². The molecule has 1 N–H and O–H groups in total. The molecule has 0 radical (unpaired) electrons. The van der Waals surface area contributed by atoms with Gasteiger partial charge >= 0.3 is 0 Å². The van der Waals surface area contributed by atoms with E-state index < -0.39 is 0 Å². The Kier molecular flexibility index (Phi) is 6.05. The van der Waals surface area contributed by atoms with E-state index in [1.807, 2.05) is 16.7 Å². The zero-order valence-electron chi connectivity index (χ0n) is 19.1. The Morgan fingerprint density at radius 1 is 1.06 bits per heavy atom. The minimum Gasteiger partial charge on any atom is -0.369 e. The molecule has 172 valence electrons. The standard InChI is InChI=1S/C25H25ClN8/c1-17(18-5-7-20(8-6-18)33-12-10-32(2)11-13-33)30-25-29-15-19(14-27)23(31-25)22-16-28-24-21(26)4-3-9-34(22)24/h3-9,15-17H,10-13H2,1-2H3,(H,29,30,31)/t17-/m0/s1. The molecule has 1 saturated heterocycles. The van der Waals surface area contributed by atoms with Crippen molar-refractivity contribution in [2.75, 3.05) is 43.4 Å².